The lowest BCUT2D eigenvalue weighted by atomic mass is 10.2. The first-order valence-corrected chi connectivity index (χ1v) is 3.62. The molecule has 0 unspecified atom stereocenters. The van der Waals surface area contributed by atoms with Crippen LogP contribution >= 0.6 is 0 Å². The zero-order valence-electron chi connectivity index (χ0n) is 6.83. The SMILES string of the molecule is NC(=O)C=Cc1ccc(F)c(N)c1. The smallest absolute Gasteiger partial charge is 0.241 e. The molecule has 0 fully saturated rings. The van der Waals surface area contributed by atoms with Crippen molar-refractivity contribution >= 4 is 17.7 Å². The summed E-state index contributed by atoms with van der Waals surface area (Å²) in [5.74, 6) is -1.03. The lowest BCUT2D eigenvalue weighted by Crippen LogP contribution is -2.05. The highest BCUT2D eigenvalue weighted by Gasteiger charge is 1.96. The number of carbonyl (C=O) groups is 1. The van der Waals surface area contributed by atoms with E-state index in [4.69, 9.17) is 11.5 Å². The summed E-state index contributed by atoms with van der Waals surface area (Å²) >= 11 is 0. The third-order valence-electron chi connectivity index (χ3n) is 1.46. The quantitative estimate of drug-likeness (QED) is 0.524. The third kappa shape index (κ3) is 2.59. The molecule has 0 aromatic heterocycles. The van der Waals surface area contributed by atoms with Gasteiger partial charge in [0.25, 0.3) is 0 Å². The van der Waals surface area contributed by atoms with Crippen LogP contribution in [-0.2, 0) is 4.79 Å². The summed E-state index contributed by atoms with van der Waals surface area (Å²) in [7, 11) is 0. The van der Waals surface area contributed by atoms with Gasteiger partial charge in [-0.1, -0.05) is 6.07 Å². The van der Waals surface area contributed by atoms with Crippen LogP contribution in [0.1, 0.15) is 5.56 Å². The average Bonchev–Trinajstić information content (AvgIpc) is 2.07. The lowest BCUT2D eigenvalue weighted by molar-refractivity contribution is -0.113. The van der Waals surface area contributed by atoms with Crippen LogP contribution in [0.15, 0.2) is 24.3 Å². The normalized spacial score (nSPS) is 10.5. The lowest BCUT2D eigenvalue weighted by Gasteiger charge is -1.97. The summed E-state index contributed by atoms with van der Waals surface area (Å²) in [5.41, 5.74) is 10.9. The van der Waals surface area contributed by atoms with Crippen molar-refractivity contribution < 1.29 is 9.18 Å². The van der Waals surface area contributed by atoms with Crippen LogP contribution in [0.3, 0.4) is 0 Å². The van der Waals surface area contributed by atoms with Gasteiger partial charge in [-0.3, -0.25) is 4.79 Å². The first-order valence-electron chi connectivity index (χ1n) is 3.62. The number of rotatable bonds is 2. The number of primary amides is 1. The summed E-state index contributed by atoms with van der Waals surface area (Å²) in [6, 6.07) is 4.16. The minimum Gasteiger partial charge on any atom is -0.396 e. The average molecular weight is 180 g/mol. The zero-order valence-corrected chi connectivity index (χ0v) is 6.83. The standard InChI is InChI=1S/C9H9FN2O/c10-7-3-1-6(5-8(7)11)2-4-9(12)13/h1-5H,11H2,(H2,12,13). The molecule has 1 aromatic carbocycles. The maximum atomic E-state index is 12.7. The summed E-state index contributed by atoms with van der Waals surface area (Å²) in [6.07, 6.45) is 2.66. The van der Waals surface area contributed by atoms with E-state index in [1.165, 1.54) is 30.4 Å². The fourth-order valence-corrected chi connectivity index (χ4v) is 0.844. The summed E-state index contributed by atoms with van der Waals surface area (Å²) in [4.78, 5) is 10.4. The molecule has 0 aliphatic rings. The number of nitrogen functional groups attached to an aromatic ring is 1. The second-order valence-corrected chi connectivity index (χ2v) is 2.52. The molecule has 0 aliphatic carbocycles. The molecule has 0 heterocycles. The van der Waals surface area contributed by atoms with Crippen molar-refractivity contribution in [3.05, 3.63) is 35.7 Å². The molecule has 4 N–H and O–H groups in total. The minimum atomic E-state index is -0.553. The molecule has 0 aliphatic heterocycles. The Morgan fingerprint density at radius 1 is 1.46 bits per heavy atom. The molecule has 0 saturated carbocycles. The predicted molar refractivity (Wildman–Crippen MR) is 49.0 cm³/mol. The molecule has 4 heteroatoms. The number of hydrogen-bond donors (Lipinski definition) is 2. The molecule has 3 nitrogen and oxygen atoms in total. The largest absolute Gasteiger partial charge is 0.396 e. The fourth-order valence-electron chi connectivity index (χ4n) is 0.844. The van der Waals surface area contributed by atoms with Gasteiger partial charge in [0.05, 0.1) is 5.69 Å². The predicted octanol–water partition coefficient (Wildman–Crippen LogP) is 0.906. The Labute approximate surface area is 74.8 Å². The monoisotopic (exact) mass is 180 g/mol. The van der Waals surface area contributed by atoms with Crippen molar-refractivity contribution in [2.45, 2.75) is 0 Å². The zero-order chi connectivity index (χ0) is 9.84. The van der Waals surface area contributed by atoms with Crippen LogP contribution in [0.5, 0.6) is 0 Å². The van der Waals surface area contributed by atoms with E-state index in [0.717, 1.165) is 0 Å². The Bertz CT molecular complexity index is 361. The van der Waals surface area contributed by atoms with Gasteiger partial charge in [-0.05, 0) is 23.8 Å². The van der Waals surface area contributed by atoms with Gasteiger partial charge in [0.15, 0.2) is 0 Å². The van der Waals surface area contributed by atoms with E-state index in [9.17, 15) is 9.18 Å². The Hall–Kier alpha value is -1.84. The van der Waals surface area contributed by atoms with Crippen LogP contribution in [0.25, 0.3) is 6.08 Å². The molecule has 0 saturated heterocycles. The topological polar surface area (TPSA) is 69.1 Å². The highest BCUT2D eigenvalue weighted by Crippen LogP contribution is 2.12. The maximum Gasteiger partial charge on any atom is 0.241 e. The van der Waals surface area contributed by atoms with Crippen molar-refractivity contribution in [2.24, 2.45) is 5.73 Å². The van der Waals surface area contributed by atoms with Crippen molar-refractivity contribution in [2.75, 3.05) is 5.73 Å². The number of nitrogens with two attached hydrogens (primary N) is 2. The second kappa shape index (κ2) is 3.71. The molecule has 13 heavy (non-hydrogen) atoms. The van der Waals surface area contributed by atoms with Crippen molar-refractivity contribution in [3.8, 4) is 0 Å². The first kappa shape index (κ1) is 9.25. The number of amides is 1. The number of benzene rings is 1. The van der Waals surface area contributed by atoms with Crippen molar-refractivity contribution in [1.82, 2.24) is 0 Å². The number of halogens is 1. The van der Waals surface area contributed by atoms with Crippen LogP contribution in [0, 0.1) is 5.82 Å². The Morgan fingerprint density at radius 3 is 2.69 bits per heavy atom. The van der Waals surface area contributed by atoms with E-state index in [0.29, 0.717) is 5.56 Å². The highest BCUT2D eigenvalue weighted by atomic mass is 19.1. The van der Waals surface area contributed by atoms with Gasteiger partial charge in [-0.15, -0.1) is 0 Å². The summed E-state index contributed by atoms with van der Waals surface area (Å²) in [6.45, 7) is 0. The van der Waals surface area contributed by atoms with Crippen LogP contribution in [-0.4, -0.2) is 5.91 Å². The minimum absolute atomic E-state index is 0.0478. The van der Waals surface area contributed by atoms with E-state index in [1.54, 1.807) is 0 Å². The fraction of sp³-hybridized carbons (Fsp3) is 0. The molecule has 1 amide bonds. The van der Waals surface area contributed by atoms with Gasteiger partial charge >= 0.3 is 0 Å². The van der Waals surface area contributed by atoms with Crippen molar-refractivity contribution in [1.29, 1.82) is 0 Å². The number of anilines is 1. The molecular formula is C9H9FN2O. The molecule has 1 aromatic rings. The third-order valence-corrected chi connectivity index (χ3v) is 1.46. The molecular weight excluding hydrogens is 171 g/mol. The first-order chi connectivity index (χ1) is 6.09. The molecule has 0 atom stereocenters. The molecule has 0 bridgehead atoms. The van der Waals surface area contributed by atoms with Crippen LogP contribution < -0.4 is 11.5 Å². The summed E-state index contributed by atoms with van der Waals surface area (Å²) < 4.78 is 12.7. The van der Waals surface area contributed by atoms with Gasteiger partial charge < -0.3 is 11.5 Å². The van der Waals surface area contributed by atoms with Gasteiger partial charge in [0, 0.05) is 6.08 Å². The number of hydrogen-bond acceptors (Lipinski definition) is 2. The molecule has 1 rings (SSSR count). The van der Waals surface area contributed by atoms with Gasteiger partial charge in [0.1, 0.15) is 5.82 Å². The van der Waals surface area contributed by atoms with Gasteiger partial charge in [-0.2, -0.15) is 0 Å². The summed E-state index contributed by atoms with van der Waals surface area (Å²) in [5, 5.41) is 0. The Balaban J connectivity index is 2.92. The number of carbonyl (C=O) groups excluding carboxylic acids is 1. The van der Waals surface area contributed by atoms with Crippen LogP contribution in [0.4, 0.5) is 10.1 Å². The molecule has 68 valence electrons. The van der Waals surface area contributed by atoms with E-state index >= 15 is 0 Å². The molecule has 0 radical (unpaired) electrons. The Kier molecular flexibility index (Phi) is 2.64. The van der Waals surface area contributed by atoms with E-state index in [-0.39, 0.29) is 5.69 Å². The van der Waals surface area contributed by atoms with E-state index in [1.807, 2.05) is 0 Å². The molecule has 0 spiro atoms. The van der Waals surface area contributed by atoms with Crippen LogP contribution in [0.2, 0.25) is 0 Å². The second-order valence-electron chi connectivity index (χ2n) is 2.52. The van der Waals surface area contributed by atoms with Gasteiger partial charge in [0.2, 0.25) is 5.91 Å². The van der Waals surface area contributed by atoms with Crippen molar-refractivity contribution in [3.63, 3.8) is 0 Å². The van der Waals surface area contributed by atoms with E-state index < -0.39 is 11.7 Å². The van der Waals surface area contributed by atoms with E-state index in [2.05, 4.69) is 0 Å². The maximum absolute atomic E-state index is 12.7. The highest BCUT2D eigenvalue weighted by molar-refractivity contribution is 5.90. The Morgan fingerprint density at radius 2 is 2.15 bits per heavy atom. The van der Waals surface area contributed by atoms with Gasteiger partial charge in [-0.25, -0.2) is 4.39 Å².